The van der Waals surface area contributed by atoms with Gasteiger partial charge >= 0.3 is 6.03 Å². The van der Waals surface area contributed by atoms with Crippen molar-refractivity contribution in [2.45, 2.75) is 26.7 Å². The van der Waals surface area contributed by atoms with Gasteiger partial charge in [-0.05, 0) is 37.1 Å². The Labute approximate surface area is 96.2 Å². The Morgan fingerprint density at radius 1 is 1.44 bits per heavy atom. The van der Waals surface area contributed by atoms with Crippen LogP contribution in [0, 0.1) is 6.92 Å². The normalized spacial score (nSPS) is 9.88. The molecule has 88 valence electrons. The van der Waals surface area contributed by atoms with E-state index in [-0.39, 0.29) is 6.03 Å². The lowest BCUT2D eigenvalue weighted by molar-refractivity contribution is 0.252. The molecule has 0 aliphatic carbocycles. The van der Waals surface area contributed by atoms with Gasteiger partial charge in [-0.3, -0.25) is 0 Å². The van der Waals surface area contributed by atoms with Gasteiger partial charge in [-0.1, -0.05) is 13.3 Å². The zero-order chi connectivity index (χ0) is 12.0. The van der Waals surface area contributed by atoms with E-state index < -0.39 is 0 Å². The first-order chi connectivity index (χ1) is 7.63. The minimum atomic E-state index is -0.165. The summed E-state index contributed by atoms with van der Waals surface area (Å²) in [5.41, 5.74) is 8.09. The van der Waals surface area contributed by atoms with Gasteiger partial charge in [0, 0.05) is 17.9 Å². The molecule has 0 heterocycles. The fourth-order valence-electron chi connectivity index (χ4n) is 1.37. The molecule has 0 spiro atoms. The average Bonchev–Trinajstić information content (AvgIpc) is 2.23. The summed E-state index contributed by atoms with van der Waals surface area (Å²) in [4.78, 5) is 11.5. The molecule has 0 bridgehead atoms. The van der Waals surface area contributed by atoms with E-state index in [1.807, 2.05) is 19.1 Å². The Kier molecular flexibility index (Phi) is 4.64. The molecule has 0 saturated heterocycles. The minimum Gasteiger partial charge on any atom is -0.399 e. The molecule has 0 radical (unpaired) electrons. The zero-order valence-electron chi connectivity index (χ0n) is 9.84. The van der Waals surface area contributed by atoms with Crippen LogP contribution in [0.2, 0.25) is 0 Å². The highest BCUT2D eigenvalue weighted by molar-refractivity contribution is 5.90. The van der Waals surface area contributed by atoms with Crippen molar-refractivity contribution in [3.8, 4) is 0 Å². The van der Waals surface area contributed by atoms with Crippen LogP contribution in [0.5, 0.6) is 0 Å². The summed E-state index contributed by atoms with van der Waals surface area (Å²) < 4.78 is 0. The molecule has 1 aromatic rings. The number of urea groups is 1. The minimum absolute atomic E-state index is 0.165. The molecule has 1 rings (SSSR count). The summed E-state index contributed by atoms with van der Waals surface area (Å²) in [5.74, 6) is 0. The Balaban J connectivity index is 2.49. The first kappa shape index (κ1) is 12.4. The molecule has 4 heteroatoms. The summed E-state index contributed by atoms with van der Waals surface area (Å²) in [5, 5.41) is 5.58. The Morgan fingerprint density at radius 3 is 2.81 bits per heavy atom. The number of nitrogen functional groups attached to an aromatic ring is 1. The van der Waals surface area contributed by atoms with Crippen LogP contribution in [0.15, 0.2) is 18.2 Å². The van der Waals surface area contributed by atoms with Gasteiger partial charge in [-0.15, -0.1) is 0 Å². The molecule has 0 aromatic heterocycles. The molecule has 2 amide bonds. The monoisotopic (exact) mass is 221 g/mol. The largest absolute Gasteiger partial charge is 0.399 e. The molecule has 16 heavy (non-hydrogen) atoms. The van der Waals surface area contributed by atoms with Crippen molar-refractivity contribution < 1.29 is 4.79 Å². The van der Waals surface area contributed by atoms with Crippen molar-refractivity contribution in [2.24, 2.45) is 0 Å². The smallest absolute Gasteiger partial charge is 0.319 e. The lowest BCUT2D eigenvalue weighted by atomic mass is 10.2. The first-order valence-corrected chi connectivity index (χ1v) is 5.54. The number of hydrogen-bond acceptors (Lipinski definition) is 2. The standard InChI is InChI=1S/C12H19N3O/c1-3-4-7-14-12(16)15-11-6-5-10(13)8-9(11)2/h5-6,8H,3-4,7,13H2,1-2H3,(H2,14,15,16). The number of amides is 2. The van der Waals surface area contributed by atoms with Gasteiger partial charge in [0.2, 0.25) is 0 Å². The molecular formula is C12H19N3O. The number of carbonyl (C=O) groups excluding carboxylic acids is 1. The van der Waals surface area contributed by atoms with Crippen LogP contribution in [-0.2, 0) is 0 Å². The van der Waals surface area contributed by atoms with Crippen LogP contribution >= 0.6 is 0 Å². The predicted octanol–water partition coefficient (Wildman–Crippen LogP) is 2.50. The number of unbranched alkanes of at least 4 members (excludes halogenated alkanes) is 1. The maximum atomic E-state index is 11.5. The third-order valence-corrected chi connectivity index (χ3v) is 2.31. The predicted molar refractivity (Wildman–Crippen MR) is 67.5 cm³/mol. The molecule has 0 atom stereocenters. The van der Waals surface area contributed by atoms with E-state index in [4.69, 9.17) is 5.73 Å². The van der Waals surface area contributed by atoms with Gasteiger partial charge < -0.3 is 16.4 Å². The maximum Gasteiger partial charge on any atom is 0.319 e. The SMILES string of the molecule is CCCCNC(=O)Nc1ccc(N)cc1C. The highest BCUT2D eigenvalue weighted by atomic mass is 16.2. The number of carbonyl (C=O) groups is 1. The highest BCUT2D eigenvalue weighted by Crippen LogP contribution is 2.17. The van der Waals surface area contributed by atoms with E-state index in [1.165, 1.54) is 0 Å². The summed E-state index contributed by atoms with van der Waals surface area (Å²) in [6.45, 7) is 4.71. The Morgan fingerprint density at radius 2 is 2.19 bits per heavy atom. The van der Waals surface area contributed by atoms with Gasteiger partial charge in [0.1, 0.15) is 0 Å². The van der Waals surface area contributed by atoms with Gasteiger partial charge in [0.05, 0.1) is 0 Å². The third-order valence-electron chi connectivity index (χ3n) is 2.31. The summed E-state index contributed by atoms with van der Waals surface area (Å²) in [6.07, 6.45) is 2.06. The lowest BCUT2D eigenvalue weighted by Crippen LogP contribution is -2.29. The fourth-order valence-corrected chi connectivity index (χ4v) is 1.37. The van der Waals surface area contributed by atoms with Crippen molar-refractivity contribution >= 4 is 17.4 Å². The lowest BCUT2D eigenvalue weighted by Gasteiger charge is -2.09. The fraction of sp³-hybridized carbons (Fsp3) is 0.417. The van der Waals surface area contributed by atoms with Crippen LogP contribution in [-0.4, -0.2) is 12.6 Å². The average molecular weight is 221 g/mol. The molecule has 0 aliphatic heterocycles. The Hall–Kier alpha value is -1.71. The number of nitrogens with one attached hydrogen (secondary N) is 2. The van der Waals surface area contributed by atoms with Gasteiger partial charge in [-0.25, -0.2) is 4.79 Å². The number of hydrogen-bond donors (Lipinski definition) is 3. The molecule has 0 unspecified atom stereocenters. The van der Waals surface area contributed by atoms with E-state index in [9.17, 15) is 4.79 Å². The second kappa shape index (κ2) is 6.00. The molecule has 0 aliphatic rings. The third kappa shape index (κ3) is 3.81. The van der Waals surface area contributed by atoms with Crippen LogP contribution in [0.4, 0.5) is 16.2 Å². The molecule has 0 saturated carbocycles. The van der Waals surface area contributed by atoms with Crippen molar-refractivity contribution in [2.75, 3.05) is 17.6 Å². The van der Waals surface area contributed by atoms with Crippen molar-refractivity contribution in [1.29, 1.82) is 0 Å². The molecule has 4 N–H and O–H groups in total. The quantitative estimate of drug-likeness (QED) is 0.540. The molecule has 4 nitrogen and oxygen atoms in total. The van der Waals surface area contributed by atoms with E-state index in [0.29, 0.717) is 12.2 Å². The van der Waals surface area contributed by atoms with E-state index in [1.54, 1.807) is 6.07 Å². The summed E-state index contributed by atoms with van der Waals surface area (Å²) in [6, 6.07) is 5.25. The van der Waals surface area contributed by atoms with Crippen LogP contribution < -0.4 is 16.4 Å². The van der Waals surface area contributed by atoms with E-state index in [2.05, 4.69) is 17.6 Å². The van der Waals surface area contributed by atoms with Crippen molar-refractivity contribution in [3.05, 3.63) is 23.8 Å². The van der Waals surface area contributed by atoms with Gasteiger partial charge in [-0.2, -0.15) is 0 Å². The molecule has 0 fully saturated rings. The maximum absolute atomic E-state index is 11.5. The molecule has 1 aromatic carbocycles. The number of benzene rings is 1. The van der Waals surface area contributed by atoms with Crippen LogP contribution in [0.25, 0.3) is 0 Å². The van der Waals surface area contributed by atoms with Crippen LogP contribution in [0.1, 0.15) is 25.3 Å². The second-order valence-electron chi connectivity index (χ2n) is 3.81. The van der Waals surface area contributed by atoms with Gasteiger partial charge in [0.15, 0.2) is 0 Å². The number of rotatable bonds is 4. The number of aryl methyl sites for hydroxylation is 1. The van der Waals surface area contributed by atoms with Crippen LogP contribution in [0.3, 0.4) is 0 Å². The topological polar surface area (TPSA) is 67.2 Å². The van der Waals surface area contributed by atoms with E-state index >= 15 is 0 Å². The summed E-state index contributed by atoms with van der Waals surface area (Å²) in [7, 11) is 0. The van der Waals surface area contributed by atoms with Gasteiger partial charge in [0.25, 0.3) is 0 Å². The zero-order valence-corrected chi connectivity index (χ0v) is 9.84. The second-order valence-corrected chi connectivity index (χ2v) is 3.81. The number of nitrogens with two attached hydrogens (primary N) is 1. The molecular weight excluding hydrogens is 202 g/mol. The Bertz CT molecular complexity index is 363. The highest BCUT2D eigenvalue weighted by Gasteiger charge is 2.03. The van der Waals surface area contributed by atoms with Crippen molar-refractivity contribution in [3.63, 3.8) is 0 Å². The van der Waals surface area contributed by atoms with Crippen molar-refractivity contribution in [1.82, 2.24) is 5.32 Å². The summed E-state index contributed by atoms with van der Waals surface area (Å²) >= 11 is 0. The first-order valence-electron chi connectivity index (χ1n) is 5.54. The number of anilines is 2. The van der Waals surface area contributed by atoms with E-state index in [0.717, 1.165) is 24.1 Å².